The van der Waals surface area contributed by atoms with Crippen LogP contribution in [0.25, 0.3) is 0 Å². The van der Waals surface area contributed by atoms with Gasteiger partial charge in [-0.2, -0.15) is 0 Å². The summed E-state index contributed by atoms with van der Waals surface area (Å²) in [5, 5.41) is 6.99. The Morgan fingerprint density at radius 3 is 2.23 bits per heavy atom. The first kappa shape index (κ1) is 18.7. The first-order valence-electron chi connectivity index (χ1n) is 8.64. The Morgan fingerprint density at radius 2 is 1.58 bits per heavy atom. The summed E-state index contributed by atoms with van der Waals surface area (Å²) in [5.74, 6) is -0.480. The molecular weight excluding hydrogens is 371 g/mol. The van der Waals surface area contributed by atoms with Crippen molar-refractivity contribution in [2.24, 2.45) is 0 Å². The van der Waals surface area contributed by atoms with E-state index >= 15 is 0 Å². The summed E-state index contributed by atoms with van der Waals surface area (Å²) in [6, 6.07) is 13.6. The number of amides is 2. The highest BCUT2D eigenvalue weighted by Crippen LogP contribution is 2.30. The third-order valence-corrected chi connectivity index (χ3v) is 5.17. The van der Waals surface area contributed by atoms with Crippen LogP contribution >= 0.6 is 23.2 Å². The van der Waals surface area contributed by atoms with Gasteiger partial charge in [0, 0.05) is 21.3 Å². The Balaban J connectivity index is 1.80. The van der Waals surface area contributed by atoms with Crippen molar-refractivity contribution in [1.29, 1.82) is 0 Å². The summed E-state index contributed by atoms with van der Waals surface area (Å²) >= 11 is 11.9. The lowest BCUT2D eigenvalue weighted by atomic mass is 9.80. The number of hydrogen-bond acceptors (Lipinski definition) is 2. The van der Waals surface area contributed by atoms with Crippen LogP contribution in [0.3, 0.4) is 0 Å². The van der Waals surface area contributed by atoms with Crippen molar-refractivity contribution < 1.29 is 9.59 Å². The Bertz CT molecular complexity index is 800. The third kappa shape index (κ3) is 4.37. The number of hydrogen-bond donors (Lipinski definition) is 2. The summed E-state index contributed by atoms with van der Waals surface area (Å²) in [6.45, 7) is 0. The Hall–Kier alpha value is -2.04. The predicted octanol–water partition coefficient (Wildman–Crippen LogP) is 5.06. The zero-order valence-corrected chi connectivity index (χ0v) is 15.7. The molecule has 0 aromatic heterocycles. The van der Waals surface area contributed by atoms with Gasteiger partial charge in [-0.15, -0.1) is 0 Å². The molecule has 2 N–H and O–H groups in total. The Kier molecular flexibility index (Phi) is 5.84. The molecule has 0 atom stereocenters. The molecule has 2 amide bonds. The maximum Gasteiger partial charge on any atom is 0.252 e. The molecule has 4 nitrogen and oxygen atoms in total. The molecule has 2 aromatic carbocycles. The van der Waals surface area contributed by atoms with E-state index in [2.05, 4.69) is 10.6 Å². The summed E-state index contributed by atoms with van der Waals surface area (Å²) in [6.07, 6.45) is 4.06. The van der Waals surface area contributed by atoms with Crippen LogP contribution in [-0.4, -0.2) is 17.4 Å². The number of nitrogens with one attached hydrogen (secondary N) is 2. The quantitative estimate of drug-likeness (QED) is 0.765. The van der Waals surface area contributed by atoms with Gasteiger partial charge in [-0.25, -0.2) is 0 Å². The van der Waals surface area contributed by atoms with E-state index in [1.165, 1.54) is 0 Å². The van der Waals surface area contributed by atoms with Gasteiger partial charge >= 0.3 is 0 Å². The van der Waals surface area contributed by atoms with E-state index in [1.54, 1.807) is 48.5 Å². The standard InChI is InChI=1S/C20H20Cl2N2O2/c21-15-9-7-14(8-10-15)18(25)24-20(11-2-1-3-12-20)19(26)23-17-6-4-5-16(22)13-17/h4-10,13H,1-3,11-12H2,(H,23,26)(H,24,25). The summed E-state index contributed by atoms with van der Waals surface area (Å²) in [5.41, 5.74) is 0.181. The largest absolute Gasteiger partial charge is 0.338 e. The maximum atomic E-state index is 13.0. The maximum absolute atomic E-state index is 13.0. The monoisotopic (exact) mass is 390 g/mol. The van der Waals surface area contributed by atoms with Crippen LogP contribution in [0, 0.1) is 0 Å². The lowest BCUT2D eigenvalue weighted by Gasteiger charge is -2.36. The average molecular weight is 391 g/mol. The van der Waals surface area contributed by atoms with Crippen LogP contribution in [0.1, 0.15) is 42.5 Å². The molecule has 0 aliphatic heterocycles. The first-order chi connectivity index (χ1) is 12.5. The minimum absolute atomic E-state index is 0.207. The molecule has 0 saturated heterocycles. The van der Waals surface area contributed by atoms with E-state index in [1.807, 2.05) is 0 Å². The number of anilines is 1. The zero-order valence-electron chi connectivity index (χ0n) is 14.2. The fourth-order valence-corrected chi connectivity index (χ4v) is 3.59. The molecule has 136 valence electrons. The second-order valence-corrected chi connectivity index (χ2v) is 7.44. The molecule has 26 heavy (non-hydrogen) atoms. The van der Waals surface area contributed by atoms with Crippen molar-refractivity contribution in [2.45, 2.75) is 37.6 Å². The van der Waals surface area contributed by atoms with E-state index in [-0.39, 0.29) is 11.8 Å². The molecule has 1 fully saturated rings. The van der Waals surface area contributed by atoms with Crippen molar-refractivity contribution in [3.63, 3.8) is 0 Å². The average Bonchev–Trinajstić information content (AvgIpc) is 2.63. The molecule has 1 aliphatic rings. The Labute approximate surface area is 162 Å². The topological polar surface area (TPSA) is 58.2 Å². The van der Waals surface area contributed by atoms with Gasteiger partial charge in [-0.05, 0) is 55.3 Å². The molecule has 6 heteroatoms. The van der Waals surface area contributed by atoms with Crippen LogP contribution < -0.4 is 10.6 Å². The normalized spacial score (nSPS) is 15.9. The second-order valence-electron chi connectivity index (χ2n) is 6.57. The van der Waals surface area contributed by atoms with Crippen LogP contribution in [0.5, 0.6) is 0 Å². The van der Waals surface area contributed by atoms with Gasteiger partial charge in [0.1, 0.15) is 5.54 Å². The minimum Gasteiger partial charge on any atom is -0.338 e. The highest BCUT2D eigenvalue weighted by molar-refractivity contribution is 6.31. The Morgan fingerprint density at radius 1 is 0.885 bits per heavy atom. The van der Waals surface area contributed by atoms with Gasteiger partial charge in [-0.3, -0.25) is 9.59 Å². The molecule has 0 radical (unpaired) electrons. The molecule has 1 aliphatic carbocycles. The predicted molar refractivity (Wildman–Crippen MR) is 105 cm³/mol. The number of carbonyl (C=O) groups excluding carboxylic acids is 2. The number of benzene rings is 2. The number of halogens is 2. The van der Waals surface area contributed by atoms with E-state index in [0.29, 0.717) is 34.1 Å². The van der Waals surface area contributed by atoms with E-state index in [0.717, 1.165) is 19.3 Å². The smallest absolute Gasteiger partial charge is 0.252 e. The van der Waals surface area contributed by atoms with Crippen molar-refractivity contribution in [3.05, 3.63) is 64.1 Å². The molecule has 0 bridgehead atoms. The van der Waals surface area contributed by atoms with Gasteiger partial charge in [0.15, 0.2) is 0 Å². The number of rotatable bonds is 4. The molecule has 0 spiro atoms. The fraction of sp³-hybridized carbons (Fsp3) is 0.300. The third-order valence-electron chi connectivity index (χ3n) is 4.68. The van der Waals surface area contributed by atoms with Crippen LogP contribution in [0.2, 0.25) is 10.0 Å². The van der Waals surface area contributed by atoms with Gasteiger partial charge in [0.05, 0.1) is 0 Å². The highest BCUT2D eigenvalue weighted by atomic mass is 35.5. The first-order valence-corrected chi connectivity index (χ1v) is 9.39. The van der Waals surface area contributed by atoms with E-state index < -0.39 is 5.54 Å². The van der Waals surface area contributed by atoms with Gasteiger partial charge in [-0.1, -0.05) is 48.5 Å². The van der Waals surface area contributed by atoms with Crippen molar-refractivity contribution >= 4 is 40.7 Å². The van der Waals surface area contributed by atoms with Crippen LogP contribution in [0.4, 0.5) is 5.69 Å². The molecule has 2 aromatic rings. The van der Waals surface area contributed by atoms with Crippen LogP contribution in [0.15, 0.2) is 48.5 Å². The lowest BCUT2D eigenvalue weighted by Crippen LogP contribution is -2.57. The molecule has 0 heterocycles. The molecular formula is C20H20Cl2N2O2. The van der Waals surface area contributed by atoms with Crippen LogP contribution in [-0.2, 0) is 4.79 Å². The van der Waals surface area contributed by atoms with E-state index in [9.17, 15) is 9.59 Å². The van der Waals surface area contributed by atoms with Crippen molar-refractivity contribution in [2.75, 3.05) is 5.32 Å². The molecule has 0 unspecified atom stereocenters. The lowest BCUT2D eigenvalue weighted by molar-refractivity contribution is -0.123. The van der Waals surface area contributed by atoms with E-state index in [4.69, 9.17) is 23.2 Å². The zero-order chi connectivity index (χ0) is 18.6. The number of carbonyl (C=O) groups is 2. The SMILES string of the molecule is O=C(NC1(C(=O)Nc2cccc(Cl)c2)CCCCC1)c1ccc(Cl)cc1. The molecule has 1 saturated carbocycles. The summed E-state index contributed by atoms with van der Waals surface area (Å²) in [4.78, 5) is 25.7. The van der Waals surface area contributed by atoms with Crippen molar-refractivity contribution in [1.82, 2.24) is 5.32 Å². The summed E-state index contributed by atoms with van der Waals surface area (Å²) < 4.78 is 0. The van der Waals surface area contributed by atoms with Gasteiger partial charge in [0.25, 0.3) is 5.91 Å². The summed E-state index contributed by atoms with van der Waals surface area (Å²) in [7, 11) is 0. The van der Waals surface area contributed by atoms with Crippen molar-refractivity contribution in [3.8, 4) is 0 Å². The van der Waals surface area contributed by atoms with Gasteiger partial charge in [0.2, 0.25) is 5.91 Å². The molecule has 3 rings (SSSR count). The fourth-order valence-electron chi connectivity index (χ4n) is 3.27. The van der Waals surface area contributed by atoms with Gasteiger partial charge < -0.3 is 10.6 Å². The minimum atomic E-state index is -0.919. The highest BCUT2D eigenvalue weighted by Gasteiger charge is 2.41. The second kappa shape index (κ2) is 8.11.